The van der Waals surface area contributed by atoms with E-state index in [0.29, 0.717) is 17.8 Å². The van der Waals surface area contributed by atoms with Crippen molar-refractivity contribution in [3.05, 3.63) is 58.7 Å². The number of nitrogen functional groups attached to an aromatic ring is 1. The number of amidine groups is 1. The molecule has 0 aliphatic carbocycles. The molecule has 0 saturated carbocycles. The zero-order chi connectivity index (χ0) is 26.8. The molecule has 2 rings (SSSR count). The van der Waals surface area contributed by atoms with Gasteiger partial charge in [0.15, 0.2) is 0 Å². The second-order valence-corrected chi connectivity index (χ2v) is 8.49. The Hall–Kier alpha value is -4.32. The van der Waals surface area contributed by atoms with Crippen molar-refractivity contribution in [2.24, 2.45) is 5.73 Å². The summed E-state index contributed by atoms with van der Waals surface area (Å²) in [7, 11) is 1.23. The number of nitrogens with two attached hydrogens (primary N) is 1. The lowest BCUT2D eigenvalue weighted by Crippen LogP contribution is -2.41. The summed E-state index contributed by atoms with van der Waals surface area (Å²) < 4.78 is 4.50. The first-order valence-corrected chi connectivity index (χ1v) is 11.5. The Morgan fingerprint density at radius 3 is 2.36 bits per heavy atom. The SMILES string of the molecule is COC(=O)CNC(=O)CC(=O)N(c1cc(C)c(C#CCNc2ccc(C(=N)N)cc2)cc1C)C(C)C. The summed E-state index contributed by atoms with van der Waals surface area (Å²) in [6.07, 6.45) is -0.381. The molecule has 0 aromatic heterocycles. The number of esters is 1. The molecule has 0 fully saturated rings. The first-order chi connectivity index (χ1) is 17.0. The molecule has 2 amide bonds. The van der Waals surface area contributed by atoms with Gasteiger partial charge >= 0.3 is 5.97 Å². The normalized spacial score (nSPS) is 10.2. The van der Waals surface area contributed by atoms with Gasteiger partial charge in [-0.15, -0.1) is 0 Å². The minimum Gasteiger partial charge on any atom is -0.468 e. The minimum atomic E-state index is -0.583. The molecular weight excluding hydrogens is 458 g/mol. The maximum atomic E-state index is 13.0. The van der Waals surface area contributed by atoms with Crippen LogP contribution >= 0.6 is 0 Å². The van der Waals surface area contributed by atoms with Gasteiger partial charge in [0.25, 0.3) is 0 Å². The van der Waals surface area contributed by atoms with Gasteiger partial charge in [-0.2, -0.15) is 0 Å². The van der Waals surface area contributed by atoms with Gasteiger partial charge in [0.2, 0.25) is 11.8 Å². The molecule has 5 N–H and O–H groups in total. The number of benzene rings is 2. The van der Waals surface area contributed by atoms with Crippen LogP contribution in [0.2, 0.25) is 0 Å². The van der Waals surface area contributed by atoms with E-state index in [1.165, 1.54) is 7.11 Å². The van der Waals surface area contributed by atoms with E-state index in [9.17, 15) is 14.4 Å². The molecule has 0 atom stereocenters. The Labute approximate surface area is 211 Å². The zero-order valence-corrected chi connectivity index (χ0v) is 21.3. The van der Waals surface area contributed by atoms with Crippen LogP contribution < -0.4 is 21.3 Å². The molecule has 0 bridgehead atoms. The maximum Gasteiger partial charge on any atom is 0.325 e. The number of rotatable bonds is 9. The standard InChI is InChI=1S/C27H33N5O4/c1-17(2)32(25(34)15-24(33)31-16-26(35)36-5)23-14-18(3)21(13-19(23)4)7-6-12-30-22-10-8-20(9-11-22)27(28)29/h8-11,13-14,17,30H,12,15-16H2,1-5H3,(H3,28,29)(H,31,33). The lowest BCUT2D eigenvalue weighted by molar-refractivity contribution is -0.141. The van der Waals surface area contributed by atoms with Crippen molar-refractivity contribution in [3.8, 4) is 11.8 Å². The third-order valence-corrected chi connectivity index (χ3v) is 5.36. The highest BCUT2D eigenvalue weighted by Crippen LogP contribution is 2.26. The number of nitrogens with one attached hydrogen (secondary N) is 3. The quantitative estimate of drug-likeness (QED) is 0.140. The van der Waals surface area contributed by atoms with Crippen molar-refractivity contribution in [2.45, 2.75) is 40.2 Å². The van der Waals surface area contributed by atoms with Gasteiger partial charge < -0.3 is 26.0 Å². The second kappa shape index (κ2) is 13.0. The fourth-order valence-electron chi connectivity index (χ4n) is 3.48. The third kappa shape index (κ3) is 7.87. The van der Waals surface area contributed by atoms with Gasteiger partial charge in [-0.1, -0.05) is 11.8 Å². The molecule has 0 aliphatic rings. The predicted molar refractivity (Wildman–Crippen MR) is 141 cm³/mol. The molecule has 2 aromatic rings. The van der Waals surface area contributed by atoms with E-state index in [0.717, 1.165) is 22.4 Å². The van der Waals surface area contributed by atoms with Crippen LogP contribution in [0.3, 0.4) is 0 Å². The van der Waals surface area contributed by atoms with Crippen LogP contribution in [0.15, 0.2) is 36.4 Å². The Kier molecular flexibility index (Phi) is 10.0. The van der Waals surface area contributed by atoms with Gasteiger partial charge in [0.1, 0.15) is 18.8 Å². The predicted octanol–water partition coefficient (Wildman–Crippen LogP) is 2.47. The molecule has 0 saturated heterocycles. The molecule has 0 heterocycles. The molecule has 0 unspecified atom stereocenters. The van der Waals surface area contributed by atoms with Crippen LogP contribution in [0.4, 0.5) is 11.4 Å². The molecule has 190 valence electrons. The fraction of sp³-hybridized carbons (Fsp3) is 0.333. The number of aryl methyl sites for hydroxylation is 2. The number of amides is 2. The number of anilines is 2. The monoisotopic (exact) mass is 491 g/mol. The Morgan fingerprint density at radius 1 is 1.11 bits per heavy atom. The average Bonchev–Trinajstić information content (AvgIpc) is 2.83. The molecule has 0 aliphatic heterocycles. The molecule has 0 spiro atoms. The lowest BCUT2D eigenvalue weighted by Gasteiger charge is -2.29. The topological polar surface area (TPSA) is 138 Å². The molecule has 9 heteroatoms. The zero-order valence-electron chi connectivity index (χ0n) is 21.3. The Balaban J connectivity index is 2.11. The van der Waals surface area contributed by atoms with Crippen LogP contribution in [0.5, 0.6) is 0 Å². The first-order valence-electron chi connectivity index (χ1n) is 11.5. The van der Waals surface area contributed by atoms with Crippen molar-refractivity contribution in [1.82, 2.24) is 5.32 Å². The summed E-state index contributed by atoms with van der Waals surface area (Å²) in [5, 5.41) is 13.0. The van der Waals surface area contributed by atoms with Gasteiger partial charge in [0, 0.05) is 28.5 Å². The summed E-state index contributed by atoms with van der Waals surface area (Å²) in [5.41, 5.74) is 10.3. The summed E-state index contributed by atoms with van der Waals surface area (Å²) in [6, 6.07) is 10.9. The van der Waals surface area contributed by atoms with Crippen molar-refractivity contribution in [2.75, 3.05) is 30.4 Å². The number of hydrogen-bond donors (Lipinski definition) is 4. The number of carbonyl (C=O) groups excluding carboxylic acids is 3. The summed E-state index contributed by atoms with van der Waals surface area (Å²) >= 11 is 0. The third-order valence-electron chi connectivity index (χ3n) is 5.36. The second-order valence-electron chi connectivity index (χ2n) is 8.49. The molecular formula is C27H33N5O4. The van der Waals surface area contributed by atoms with E-state index in [2.05, 4.69) is 27.2 Å². The van der Waals surface area contributed by atoms with Gasteiger partial charge in [-0.05, 0) is 75.2 Å². The summed E-state index contributed by atoms with van der Waals surface area (Å²) in [5.74, 6) is 4.80. The smallest absolute Gasteiger partial charge is 0.325 e. The highest BCUT2D eigenvalue weighted by atomic mass is 16.5. The largest absolute Gasteiger partial charge is 0.468 e. The molecule has 36 heavy (non-hydrogen) atoms. The van der Waals surface area contributed by atoms with E-state index >= 15 is 0 Å². The number of carbonyl (C=O) groups is 3. The van der Waals surface area contributed by atoms with Crippen LogP contribution in [0, 0.1) is 31.1 Å². The number of nitrogens with zero attached hydrogens (tertiary/aromatic N) is 1. The van der Waals surface area contributed by atoms with Crippen LogP contribution in [0.25, 0.3) is 0 Å². The summed E-state index contributed by atoms with van der Waals surface area (Å²) in [4.78, 5) is 37.9. The van der Waals surface area contributed by atoms with E-state index in [4.69, 9.17) is 11.1 Å². The summed E-state index contributed by atoms with van der Waals surface area (Å²) in [6.45, 7) is 7.72. The maximum absolute atomic E-state index is 13.0. The van der Waals surface area contributed by atoms with Crippen LogP contribution in [-0.2, 0) is 19.1 Å². The Morgan fingerprint density at radius 2 is 1.78 bits per heavy atom. The molecule has 0 radical (unpaired) electrons. The van der Waals surface area contributed by atoms with Crippen LogP contribution in [0.1, 0.15) is 42.5 Å². The van der Waals surface area contributed by atoms with Gasteiger partial charge in [-0.25, -0.2) is 0 Å². The van der Waals surface area contributed by atoms with E-state index in [1.54, 1.807) is 17.0 Å². The van der Waals surface area contributed by atoms with Crippen molar-refractivity contribution < 1.29 is 19.1 Å². The van der Waals surface area contributed by atoms with Crippen LogP contribution in [-0.4, -0.2) is 49.9 Å². The number of ether oxygens (including phenoxy) is 1. The number of hydrogen-bond acceptors (Lipinski definition) is 6. The Bertz CT molecular complexity index is 1190. The highest BCUT2D eigenvalue weighted by molar-refractivity contribution is 6.06. The van der Waals surface area contributed by atoms with Crippen molar-refractivity contribution in [1.29, 1.82) is 5.41 Å². The molecule has 2 aromatic carbocycles. The number of methoxy groups -OCH3 is 1. The van der Waals surface area contributed by atoms with Gasteiger partial charge in [-0.3, -0.25) is 19.8 Å². The highest BCUT2D eigenvalue weighted by Gasteiger charge is 2.24. The van der Waals surface area contributed by atoms with Gasteiger partial charge in [0.05, 0.1) is 13.7 Å². The van der Waals surface area contributed by atoms with E-state index in [-0.39, 0.29) is 30.8 Å². The lowest BCUT2D eigenvalue weighted by atomic mass is 10.0. The average molecular weight is 492 g/mol. The van der Waals surface area contributed by atoms with E-state index in [1.807, 2.05) is 52.0 Å². The van der Waals surface area contributed by atoms with E-state index < -0.39 is 11.9 Å². The van der Waals surface area contributed by atoms with Crippen molar-refractivity contribution >= 4 is 35.0 Å². The first kappa shape index (κ1) is 27.9. The molecule has 9 nitrogen and oxygen atoms in total. The fourth-order valence-corrected chi connectivity index (χ4v) is 3.48. The van der Waals surface area contributed by atoms with Crippen molar-refractivity contribution in [3.63, 3.8) is 0 Å². The minimum absolute atomic E-state index is 0.0233.